The van der Waals surface area contributed by atoms with Crippen molar-refractivity contribution in [2.24, 2.45) is 0 Å². The van der Waals surface area contributed by atoms with E-state index >= 15 is 0 Å². The highest BCUT2D eigenvalue weighted by Crippen LogP contribution is 2.36. The molecule has 0 aliphatic rings. The van der Waals surface area contributed by atoms with Crippen LogP contribution in [0.15, 0.2) is 42.5 Å². The van der Waals surface area contributed by atoms with Crippen molar-refractivity contribution >= 4 is 23.6 Å². The summed E-state index contributed by atoms with van der Waals surface area (Å²) in [5, 5.41) is 11.9. The molecule has 0 saturated heterocycles. The Morgan fingerprint density at radius 3 is 2.56 bits per heavy atom. The largest absolute Gasteiger partial charge is 0.493 e. The molecule has 2 rings (SSSR count). The second-order valence-electron chi connectivity index (χ2n) is 5.10. The Bertz CT molecular complexity index is 824. The molecule has 0 aromatic heterocycles. The first-order valence-corrected chi connectivity index (χ1v) is 7.81. The minimum Gasteiger partial charge on any atom is -0.493 e. The summed E-state index contributed by atoms with van der Waals surface area (Å²) in [7, 11) is 3.03. The van der Waals surface area contributed by atoms with Gasteiger partial charge in [-0.15, -0.1) is 0 Å². The first kappa shape index (κ1) is 18.4. The van der Waals surface area contributed by atoms with Gasteiger partial charge in [0.05, 0.1) is 30.9 Å². The van der Waals surface area contributed by atoms with Crippen LogP contribution in [0, 0.1) is 11.3 Å². The summed E-state index contributed by atoms with van der Waals surface area (Å²) < 4.78 is 10.4. The number of nitriles is 1. The average molecular weight is 357 g/mol. The fraction of sp³-hybridized carbons (Fsp3) is 0.158. The Kier molecular flexibility index (Phi) is 6.44. The molecule has 0 bridgehead atoms. The van der Waals surface area contributed by atoms with Gasteiger partial charge in [0.2, 0.25) is 5.91 Å². The topological polar surface area (TPSA) is 71.3 Å². The highest BCUT2D eigenvalue weighted by atomic mass is 35.5. The van der Waals surface area contributed by atoms with Crippen molar-refractivity contribution in [2.75, 3.05) is 14.2 Å². The van der Waals surface area contributed by atoms with Crippen LogP contribution >= 0.6 is 11.6 Å². The number of nitrogens with one attached hydrogen (secondary N) is 1. The van der Waals surface area contributed by atoms with E-state index in [9.17, 15) is 4.79 Å². The van der Waals surface area contributed by atoms with E-state index in [4.69, 9.17) is 26.3 Å². The van der Waals surface area contributed by atoms with Gasteiger partial charge in [0.25, 0.3) is 0 Å². The van der Waals surface area contributed by atoms with Crippen molar-refractivity contribution in [1.29, 1.82) is 5.26 Å². The summed E-state index contributed by atoms with van der Waals surface area (Å²) >= 11 is 6.13. The maximum atomic E-state index is 11.9. The van der Waals surface area contributed by atoms with Crippen LogP contribution in [-0.4, -0.2) is 20.1 Å². The van der Waals surface area contributed by atoms with E-state index in [0.717, 1.165) is 11.1 Å². The molecule has 5 nitrogen and oxygen atoms in total. The second kappa shape index (κ2) is 8.76. The smallest absolute Gasteiger partial charge is 0.244 e. The zero-order valence-electron chi connectivity index (χ0n) is 13.9. The predicted octanol–water partition coefficient (Wildman–Crippen LogP) is 3.56. The monoisotopic (exact) mass is 356 g/mol. The summed E-state index contributed by atoms with van der Waals surface area (Å²) in [5.74, 6) is 0.703. The fourth-order valence-electron chi connectivity index (χ4n) is 2.15. The van der Waals surface area contributed by atoms with Crippen molar-refractivity contribution in [3.8, 4) is 17.6 Å². The first-order valence-electron chi connectivity index (χ1n) is 7.44. The van der Waals surface area contributed by atoms with Crippen LogP contribution in [0.2, 0.25) is 5.02 Å². The van der Waals surface area contributed by atoms with Crippen molar-refractivity contribution < 1.29 is 14.3 Å². The average Bonchev–Trinajstić information content (AvgIpc) is 2.64. The first-order chi connectivity index (χ1) is 12.1. The van der Waals surface area contributed by atoms with Gasteiger partial charge >= 0.3 is 0 Å². The van der Waals surface area contributed by atoms with E-state index in [-0.39, 0.29) is 5.91 Å². The third-order valence-electron chi connectivity index (χ3n) is 3.43. The Labute approximate surface area is 151 Å². The number of hydrogen-bond donors (Lipinski definition) is 1. The van der Waals surface area contributed by atoms with Crippen molar-refractivity contribution in [2.45, 2.75) is 6.54 Å². The van der Waals surface area contributed by atoms with E-state index in [1.165, 1.54) is 20.3 Å². The summed E-state index contributed by atoms with van der Waals surface area (Å²) in [6.45, 7) is 0.377. The van der Waals surface area contributed by atoms with Gasteiger partial charge in [0.1, 0.15) is 0 Å². The zero-order chi connectivity index (χ0) is 18.2. The quantitative estimate of drug-likeness (QED) is 0.803. The second-order valence-corrected chi connectivity index (χ2v) is 5.51. The van der Waals surface area contributed by atoms with Crippen LogP contribution in [0.25, 0.3) is 6.08 Å². The minimum absolute atomic E-state index is 0.240. The molecular weight excluding hydrogens is 340 g/mol. The molecule has 1 amide bonds. The van der Waals surface area contributed by atoms with Gasteiger partial charge in [-0.25, -0.2) is 0 Å². The number of halogens is 1. The highest BCUT2D eigenvalue weighted by molar-refractivity contribution is 6.32. The number of carbonyl (C=O) groups is 1. The summed E-state index contributed by atoms with van der Waals surface area (Å²) in [6.07, 6.45) is 3.06. The molecule has 0 saturated carbocycles. The number of carbonyl (C=O) groups excluding carboxylic acids is 1. The fourth-order valence-corrected chi connectivity index (χ4v) is 2.45. The van der Waals surface area contributed by atoms with E-state index in [2.05, 4.69) is 11.4 Å². The lowest BCUT2D eigenvalue weighted by Gasteiger charge is -2.10. The van der Waals surface area contributed by atoms with E-state index < -0.39 is 0 Å². The zero-order valence-corrected chi connectivity index (χ0v) is 14.6. The van der Waals surface area contributed by atoms with Crippen molar-refractivity contribution in [1.82, 2.24) is 5.32 Å². The van der Waals surface area contributed by atoms with Gasteiger partial charge in [-0.05, 0) is 41.5 Å². The minimum atomic E-state index is -0.240. The van der Waals surface area contributed by atoms with Gasteiger partial charge in [0.15, 0.2) is 11.5 Å². The molecule has 6 heteroatoms. The lowest BCUT2D eigenvalue weighted by molar-refractivity contribution is -0.116. The van der Waals surface area contributed by atoms with Gasteiger partial charge in [0, 0.05) is 12.6 Å². The van der Waals surface area contributed by atoms with Crippen LogP contribution in [0.5, 0.6) is 11.5 Å². The molecule has 25 heavy (non-hydrogen) atoms. The molecule has 0 aliphatic carbocycles. The molecule has 0 unspecified atom stereocenters. The maximum absolute atomic E-state index is 11.9. The molecule has 128 valence electrons. The van der Waals surface area contributed by atoms with Crippen LogP contribution in [0.1, 0.15) is 16.7 Å². The summed E-state index contributed by atoms with van der Waals surface area (Å²) in [4.78, 5) is 11.9. The third-order valence-corrected chi connectivity index (χ3v) is 3.71. The molecule has 0 heterocycles. The van der Waals surface area contributed by atoms with E-state index in [1.807, 2.05) is 0 Å². The van der Waals surface area contributed by atoms with Gasteiger partial charge in [-0.1, -0.05) is 23.7 Å². The Balaban J connectivity index is 2.00. The highest BCUT2D eigenvalue weighted by Gasteiger charge is 2.09. The third kappa shape index (κ3) is 5.00. The number of benzene rings is 2. The lowest BCUT2D eigenvalue weighted by atomic mass is 10.1. The molecule has 1 N–H and O–H groups in total. The molecule has 0 fully saturated rings. The maximum Gasteiger partial charge on any atom is 0.244 e. The van der Waals surface area contributed by atoms with Crippen molar-refractivity contribution in [3.63, 3.8) is 0 Å². The number of methoxy groups -OCH3 is 2. The van der Waals surface area contributed by atoms with Gasteiger partial charge in [-0.2, -0.15) is 5.26 Å². The predicted molar refractivity (Wildman–Crippen MR) is 96.6 cm³/mol. The molecule has 0 spiro atoms. The van der Waals surface area contributed by atoms with Crippen molar-refractivity contribution in [3.05, 3.63) is 64.2 Å². The molecule has 0 radical (unpaired) electrons. The van der Waals surface area contributed by atoms with Crippen LogP contribution in [0.4, 0.5) is 0 Å². The SMILES string of the molecule is COc1cc(/C=C/C(=O)NCc2ccc(C#N)cc2)cc(Cl)c1OC. The van der Waals surface area contributed by atoms with Crippen LogP contribution in [-0.2, 0) is 11.3 Å². The normalized spacial score (nSPS) is 10.3. The summed E-state index contributed by atoms with van der Waals surface area (Å²) in [5.41, 5.74) is 2.21. The number of rotatable bonds is 6. The molecule has 0 atom stereocenters. The van der Waals surface area contributed by atoms with Crippen LogP contribution in [0.3, 0.4) is 0 Å². The molecular formula is C19H17ClN2O3. The lowest BCUT2D eigenvalue weighted by Crippen LogP contribution is -2.20. The number of amides is 1. The molecule has 0 aliphatic heterocycles. The Morgan fingerprint density at radius 1 is 1.24 bits per heavy atom. The standard InChI is InChI=1S/C19H17ClN2O3/c1-24-17-10-15(9-16(20)19(17)25-2)7-8-18(23)22-12-14-5-3-13(11-21)4-6-14/h3-10H,12H2,1-2H3,(H,22,23)/b8-7+. The Morgan fingerprint density at radius 2 is 1.96 bits per heavy atom. The molecule has 2 aromatic carbocycles. The van der Waals surface area contributed by atoms with Gasteiger partial charge in [-0.3, -0.25) is 4.79 Å². The van der Waals surface area contributed by atoms with E-state index in [1.54, 1.807) is 42.5 Å². The number of nitrogens with zero attached hydrogens (tertiary/aromatic N) is 1. The van der Waals surface area contributed by atoms with E-state index in [0.29, 0.717) is 28.6 Å². The van der Waals surface area contributed by atoms with Crippen LogP contribution < -0.4 is 14.8 Å². The Hall–Kier alpha value is -2.97. The van der Waals surface area contributed by atoms with Gasteiger partial charge < -0.3 is 14.8 Å². The number of hydrogen-bond acceptors (Lipinski definition) is 4. The molecule has 2 aromatic rings. The number of ether oxygens (including phenoxy) is 2. The summed E-state index contributed by atoms with van der Waals surface area (Å²) in [6, 6.07) is 12.5.